The zero-order valence-electron chi connectivity index (χ0n) is 7.07. The number of alkyl halides is 3. The van der Waals surface area contributed by atoms with Crippen LogP contribution < -0.4 is 0 Å². The van der Waals surface area contributed by atoms with Crippen molar-refractivity contribution in [1.29, 1.82) is 0 Å². The minimum Gasteiger partial charge on any atom is -0.464 e. The Hall–Kier alpha value is -0.870. The maximum atomic E-state index is 12.2. The summed E-state index contributed by atoms with van der Waals surface area (Å²) in [5.41, 5.74) is 0.525. The van der Waals surface area contributed by atoms with Gasteiger partial charge in [0.1, 0.15) is 5.76 Å². The summed E-state index contributed by atoms with van der Waals surface area (Å²) in [7, 11) is 1.37. The molecule has 0 amide bonds. The van der Waals surface area contributed by atoms with E-state index in [1.54, 1.807) is 6.92 Å². The molecule has 1 heterocycles. The van der Waals surface area contributed by atoms with Crippen molar-refractivity contribution >= 4 is 0 Å². The average molecular weight is 181 g/mol. The van der Waals surface area contributed by atoms with Crippen LogP contribution in [0.5, 0.6) is 0 Å². The van der Waals surface area contributed by atoms with Gasteiger partial charge in [-0.15, -0.1) is 0 Å². The van der Waals surface area contributed by atoms with Gasteiger partial charge in [-0.2, -0.15) is 13.2 Å². The maximum absolute atomic E-state index is 12.2. The van der Waals surface area contributed by atoms with Crippen molar-refractivity contribution in [2.75, 3.05) is 7.05 Å². The fourth-order valence-electron chi connectivity index (χ4n) is 1.04. The highest BCUT2D eigenvalue weighted by Crippen LogP contribution is 2.34. The molecule has 70 valence electrons. The molecule has 0 radical (unpaired) electrons. The molecule has 12 heavy (non-hydrogen) atoms. The lowest BCUT2D eigenvalue weighted by molar-refractivity contribution is -0.234. The van der Waals surface area contributed by atoms with Gasteiger partial charge >= 0.3 is 6.18 Å². The number of halogens is 3. The molecule has 0 N–H and O–H groups in total. The lowest BCUT2D eigenvalue weighted by atomic mass is 10.4. The topological polar surface area (TPSA) is 12.5 Å². The van der Waals surface area contributed by atoms with Crippen LogP contribution in [0.2, 0.25) is 0 Å². The van der Waals surface area contributed by atoms with Gasteiger partial charge in [-0.05, 0) is 13.8 Å². The first kappa shape index (κ1) is 9.22. The maximum Gasteiger partial charge on any atom is 0.445 e. The van der Waals surface area contributed by atoms with E-state index in [1.807, 2.05) is 0 Å². The average Bonchev–Trinajstić information content (AvgIpc) is 2.15. The Morgan fingerprint density at radius 3 is 2.00 bits per heavy atom. The highest BCUT2D eigenvalue weighted by Gasteiger charge is 2.48. The van der Waals surface area contributed by atoms with Crippen molar-refractivity contribution in [3.8, 4) is 0 Å². The fourth-order valence-corrected chi connectivity index (χ4v) is 1.04. The molecule has 1 aliphatic heterocycles. The Kier molecular flexibility index (Phi) is 1.97. The van der Waals surface area contributed by atoms with Crippen LogP contribution >= 0.6 is 0 Å². The normalized spacial score (nSPS) is 24.8. The Morgan fingerprint density at radius 1 is 1.33 bits per heavy atom. The zero-order chi connectivity index (χ0) is 9.52. The Morgan fingerprint density at radius 2 is 1.83 bits per heavy atom. The van der Waals surface area contributed by atoms with Crippen molar-refractivity contribution in [3.05, 3.63) is 11.5 Å². The van der Waals surface area contributed by atoms with Crippen molar-refractivity contribution in [3.63, 3.8) is 0 Å². The van der Waals surface area contributed by atoms with Crippen LogP contribution in [0.3, 0.4) is 0 Å². The van der Waals surface area contributed by atoms with Gasteiger partial charge in [0.25, 0.3) is 6.23 Å². The summed E-state index contributed by atoms with van der Waals surface area (Å²) in [4.78, 5) is 1.08. The van der Waals surface area contributed by atoms with E-state index in [0.717, 1.165) is 4.90 Å². The second-order valence-corrected chi connectivity index (χ2v) is 2.76. The van der Waals surface area contributed by atoms with Crippen molar-refractivity contribution in [2.24, 2.45) is 0 Å². The van der Waals surface area contributed by atoms with Gasteiger partial charge < -0.3 is 9.64 Å². The van der Waals surface area contributed by atoms with Crippen LogP contribution in [0.1, 0.15) is 13.8 Å². The molecule has 0 aliphatic carbocycles. The molecule has 2 nitrogen and oxygen atoms in total. The molecule has 0 aromatic carbocycles. The molecule has 0 saturated heterocycles. The Bertz CT molecular complexity index is 221. The number of rotatable bonds is 0. The highest BCUT2D eigenvalue weighted by molar-refractivity contribution is 5.08. The SMILES string of the molecule is CC1=C(C)N(C)C(C(F)(F)F)O1. The van der Waals surface area contributed by atoms with E-state index >= 15 is 0 Å². The molecule has 1 unspecified atom stereocenters. The Balaban J connectivity index is 2.80. The highest BCUT2D eigenvalue weighted by atomic mass is 19.4. The smallest absolute Gasteiger partial charge is 0.445 e. The largest absolute Gasteiger partial charge is 0.464 e. The minimum absolute atomic E-state index is 0.333. The van der Waals surface area contributed by atoms with E-state index in [2.05, 4.69) is 4.74 Å². The quantitative estimate of drug-likeness (QED) is 0.567. The molecule has 0 bridgehead atoms. The Labute approximate surface area is 68.6 Å². The summed E-state index contributed by atoms with van der Waals surface area (Å²) in [6, 6.07) is 0. The predicted octanol–water partition coefficient (Wildman–Crippen LogP) is 2.09. The lowest BCUT2D eigenvalue weighted by Crippen LogP contribution is -2.40. The van der Waals surface area contributed by atoms with Gasteiger partial charge in [-0.1, -0.05) is 0 Å². The summed E-state index contributed by atoms with van der Waals surface area (Å²) >= 11 is 0. The van der Waals surface area contributed by atoms with Crippen LogP contribution in [0, 0.1) is 0 Å². The molecule has 0 saturated carbocycles. The van der Waals surface area contributed by atoms with E-state index < -0.39 is 12.4 Å². The standard InChI is InChI=1S/C7H10F3NO/c1-4-5(2)12-6(11(4)3)7(8,9)10/h6H,1-3H3. The minimum atomic E-state index is -4.33. The molecule has 1 rings (SSSR count). The van der Waals surface area contributed by atoms with Crippen LogP contribution in [0.15, 0.2) is 11.5 Å². The van der Waals surface area contributed by atoms with Crippen LogP contribution in [0.4, 0.5) is 13.2 Å². The number of hydrogen-bond acceptors (Lipinski definition) is 2. The lowest BCUT2D eigenvalue weighted by Gasteiger charge is -2.23. The third-order valence-electron chi connectivity index (χ3n) is 1.96. The first-order chi connectivity index (χ1) is 5.34. The van der Waals surface area contributed by atoms with Crippen LogP contribution in [-0.2, 0) is 4.74 Å². The summed E-state index contributed by atoms with van der Waals surface area (Å²) in [5.74, 6) is 0.333. The van der Waals surface area contributed by atoms with Crippen molar-refractivity contribution in [1.82, 2.24) is 4.90 Å². The van der Waals surface area contributed by atoms with Gasteiger partial charge in [0.15, 0.2) is 0 Å². The number of nitrogens with zero attached hydrogens (tertiary/aromatic N) is 1. The number of hydrogen-bond donors (Lipinski definition) is 0. The summed E-state index contributed by atoms with van der Waals surface area (Å²) in [6.07, 6.45) is -6.13. The second-order valence-electron chi connectivity index (χ2n) is 2.76. The van der Waals surface area contributed by atoms with Crippen molar-refractivity contribution in [2.45, 2.75) is 26.3 Å². The molecular formula is C7H10F3NO. The van der Waals surface area contributed by atoms with Crippen LogP contribution in [-0.4, -0.2) is 24.4 Å². The molecule has 1 aliphatic rings. The predicted molar refractivity (Wildman–Crippen MR) is 37.1 cm³/mol. The van der Waals surface area contributed by atoms with Crippen LogP contribution in [0.25, 0.3) is 0 Å². The first-order valence-corrected chi connectivity index (χ1v) is 3.47. The van der Waals surface area contributed by atoms with E-state index in [0.29, 0.717) is 11.5 Å². The second kappa shape index (κ2) is 2.57. The summed E-state index contributed by atoms with van der Waals surface area (Å²) < 4.78 is 41.1. The van der Waals surface area contributed by atoms with E-state index in [4.69, 9.17) is 0 Å². The van der Waals surface area contributed by atoms with Gasteiger partial charge in [0.05, 0.1) is 5.70 Å². The molecule has 0 aromatic heterocycles. The van der Waals surface area contributed by atoms with E-state index in [9.17, 15) is 13.2 Å². The van der Waals surface area contributed by atoms with E-state index in [1.165, 1.54) is 14.0 Å². The van der Waals surface area contributed by atoms with Gasteiger partial charge in [-0.25, -0.2) is 0 Å². The third kappa shape index (κ3) is 1.35. The molecule has 0 aromatic rings. The molecule has 1 atom stereocenters. The monoisotopic (exact) mass is 181 g/mol. The third-order valence-corrected chi connectivity index (χ3v) is 1.96. The molecule has 5 heteroatoms. The summed E-state index contributed by atoms with van der Waals surface area (Å²) in [5, 5.41) is 0. The summed E-state index contributed by atoms with van der Waals surface area (Å²) in [6.45, 7) is 3.12. The number of ether oxygens (including phenoxy) is 1. The van der Waals surface area contributed by atoms with Crippen molar-refractivity contribution < 1.29 is 17.9 Å². The van der Waals surface area contributed by atoms with Gasteiger partial charge in [-0.3, -0.25) is 0 Å². The first-order valence-electron chi connectivity index (χ1n) is 3.47. The molecular weight excluding hydrogens is 171 g/mol. The molecule has 0 spiro atoms. The fraction of sp³-hybridized carbons (Fsp3) is 0.714. The van der Waals surface area contributed by atoms with E-state index in [-0.39, 0.29) is 0 Å². The molecule has 0 fully saturated rings. The zero-order valence-corrected chi connectivity index (χ0v) is 7.07. The van der Waals surface area contributed by atoms with Gasteiger partial charge in [0, 0.05) is 7.05 Å². The number of allylic oxidation sites excluding steroid dienone is 2. The van der Waals surface area contributed by atoms with Gasteiger partial charge in [0.2, 0.25) is 0 Å².